The number of rotatable bonds is 7. The van der Waals surface area contributed by atoms with Crippen molar-refractivity contribution < 1.29 is 18.7 Å². The zero-order chi connectivity index (χ0) is 20.1. The van der Waals surface area contributed by atoms with Gasteiger partial charge in [0.25, 0.3) is 0 Å². The van der Waals surface area contributed by atoms with Gasteiger partial charge in [-0.05, 0) is 43.1 Å². The monoisotopic (exact) mass is 403 g/mol. The number of amides is 2. The SMILES string of the molecule is CCOC(=O)C1=C(CN(C)Cc2cccc(F)c2)NC(=O)NC1c1cccs1. The van der Waals surface area contributed by atoms with Crippen molar-refractivity contribution in [3.63, 3.8) is 0 Å². The number of esters is 1. The molecule has 0 radical (unpaired) electrons. The molecule has 2 heterocycles. The maximum Gasteiger partial charge on any atom is 0.338 e. The summed E-state index contributed by atoms with van der Waals surface area (Å²) >= 11 is 1.46. The van der Waals surface area contributed by atoms with E-state index in [2.05, 4.69) is 10.6 Å². The van der Waals surface area contributed by atoms with Crippen LogP contribution in [0, 0.1) is 5.82 Å². The van der Waals surface area contributed by atoms with Crippen LogP contribution in [-0.2, 0) is 16.1 Å². The van der Waals surface area contributed by atoms with Gasteiger partial charge in [0.05, 0.1) is 18.2 Å². The minimum Gasteiger partial charge on any atom is -0.463 e. The van der Waals surface area contributed by atoms with Gasteiger partial charge in [-0.25, -0.2) is 14.0 Å². The summed E-state index contributed by atoms with van der Waals surface area (Å²) in [6.07, 6.45) is 0. The molecule has 2 N–H and O–H groups in total. The van der Waals surface area contributed by atoms with Crippen LogP contribution in [0.25, 0.3) is 0 Å². The number of likely N-dealkylation sites (N-methyl/N-ethyl adjacent to an activating group) is 1. The number of hydrogen-bond donors (Lipinski definition) is 2. The van der Waals surface area contributed by atoms with Crippen molar-refractivity contribution in [1.29, 1.82) is 0 Å². The van der Waals surface area contributed by atoms with Gasteiger partial charge >= 0.3 is 12.0 Å². The Morgan fingerprint density at radius 3 is 2.79 bits per heavy atom. The van der Waals surface area contributed by atoms with Crippen molar-refractivity contribution in [3.8, 4) is 0 Å². The van der Waals surface area contributed by atoms with Crippen LogP contribution in [0.3, 0.4) is 0 Å². The first kappa shape index (κ1) is 20.0. The lowest BCUT2D eigenvalue weighted by Gasteiger charge is -2.30. The van der Waals surface area contributed by atoms with Crippen molar-refractivity contribution in [2.75, 3.05) is 20.2 Å². The van der Waals surface area contributed by atoms with Crippen molar-refractivity contribution in [2.24, 2.45) is 0 Å². The number of nitrogens with one attached hydrogen (secondary N) is 2. The molecule has 8 heteroatoms. The highest BCUT2D eigenvalue weighted by atomic mass is 32.1. The Kier molecular flexibility index (Phi) is 6.43. The molecule has 3 rings (SSSR count). The van der Waals surface area contributed by atoms with E-state index in [4.69, 9.17) is 4.74 Å². The fraction of sp³-hybridized carbons (Fsp3) is 0.300. The number of halogens is 1. The Bertz CT molecular complexity index is 883. The second kappa shape index (κ2) is 8.99. The highest BCUT2D eigenvalue weighted by molar-refractivity contribution is 7.10. The number of carbonyl (C=O) groups is 2. The minimum atomic E-state index is -0.564. The van der Waals surface area contributed by atoms with Gasteiger partial charge in [0.2, 0.25) is 0 Å². The predicted octanol–water partition coefficient (Wildman–Crippen LogP) is 3.19. The molecular formula is C20H22FN3O3S. The summed E-state index contributed by atoms with van der Waals surface area (Å²) in [6.45, 7) is 2.74. The molecule has 0 fully saturated rings. The summed E-state index contributed by atoms with van der Waals surface area (Å²) in [6, 6.07) is 9.14. The molecule has 1 atom stereocenters. The van der Waals surface area contributed by atoms with Crippen molar-refractivity contribution >= 4 is 23.3 Å². The van der Waals surface area contributed by atoms with Gasteiger partial charge in [0.1, 0.15) is 5.82 Å². The fourth-order valence-corrected chi connectivity index (χ4v) is 3.92. The molecule has 1 aliphatic heterocycles. The minimum absolute atomic E-state index is 0.236. The van der Waals surface area contributed by atoms with Crippen molar-refractivity contribution in [1.82, 2.24) is 15.5 Å². The first-order valence-electron chi connectivity index (χ1n) is 8.92. The molecular weight excluding hydrogens is 381 g/mol. The van der Waals surface area contributed by atoms with Crippen LogP contribution < -0.4 is 10.6 Å². The van der Waals surface area contributed by atoms with E-state index in [1.54, 1.807) is 13.0 Å². The molecule has 1 aliphatic rings. The molecule has 1 aromatic carbocycles. The van der Waals surface area contributed by atoms with Gasteiger partial charge in [-0.1, -0.05) is 18.2 Å². The standard InChI is InChI=1S/C20H22FN3O3S/c1-3-27-19(25)17-15(12-24(2)11-13-6-4-7-14(21)10-13)22-20(26)23-18(17)16-8-5-9-28-16/h4-10,18H,3,11-12H2,1-2H3,(H2,22,23,26). The van der Waals surface area contributed by atoms with Gasteiger partial charge in [-0.2, -0.15) is 0 Å². The lowest BCUT2D eigenvalue weighted by molar-refractivity contribution is -0.139. The third-order valence-electron chi connectivity index (χ3n) is 4.25. The largest absolute Gasteiger partial charge is 0.463 e. The Morgan fingerprint density at radius 2 is 2.11 bits per heavy atom. The van der Waals surface area contributed by atoms with E-state index in [1.807, 2.05) is 35.5 Å². The van der Waals surface area contributed by atoms with Crippen LogP contribution in [0.15, 0.2) is 53.0 Å². The first-order valence-corrected chi connectivity index (χ1v) is 9.80. The summed E-state index contributed by atoms with van der Waals surface area (Å²) < 4.78 is 18.7. The van der Waals surface area contributed by atoms with Crippen LogP contribution in [0.5, 0.6) is 0 Å². The number of ether oxygens (including phenoxy) is 1. The first-order chi connectivity index (χ1) is 13.5. The zero-order valence-corrected chi connectivity index (χ0v) is 16.5. The Morgan fingerprint density at radius 1 is 1.29 bits per heavy atom. The zero-order valence-electron chi connectivity index (χ0n) is 15.7. The predicted molar refractivity (Wildman–Crippen MR) is 105 cm³/mol. The molecule has 0 aliphatic carbocycles. The number of carbonyl (C=O) groups excluding carboxylic acids is 2. The number of hydrogen-bond acceptors (Lipinski definition) is 5. The van der Waals surface area contributed by atoms with Crippen LogP contribution in [0.4, 0.5) is 9.18 Å². The van der Waals surface area contributed by atoms with Gasteiger partial charge in [0.15, 0.2) is 0 Å². The maximum atomic E-state index is 13.4. The van der Waals surface area contributed by atoms with Gasteiger partial charge < -0.3 is 15.4 Å². The molecule has 1 unspecified atom stereocenters. The van der Waals surface area contributed by atoms with Gasteiger partial charge in [0, 0.05) is 23.7 Å². The highest BCUT2D eigenvalue weighted by Gasteiger charge is 2.34. The normalized spacial score (nSPS) is 16.7. The number of urea groups is 1. The van der Waals surface area contributed by atoms with E-state index in [0.29, 0.717) is 24.4 Å². The van der Waals surface area contributed by atoms with Crippen molar-refractivity contribution in [3.05, 3.63) is 69.3 Å². The van der Waals surface area contributed by atoms with E-state index in [0.717, 1.165) is 10.4 Å². The maximum absolute atomic E-state index is 13.4. The molecule has 6 nitrogen and oxygen atoms in total. The van der Waals surface area contributed by atoms with Gasteiger partial charge in [-0.3, -0.25) is 4.90 Å². The van der Waals surface area contributed by atoms with E-state index < -0.39 is 12.0 Å². The number of nitrogens with zero attached hydrogens (tertiary/aromatic N) is 1. The molecule has 0 bridgehead atoms. The fourth-order valence-electron chi connectivity index (χ4n) is 3.13. The molecule has 0 spiro atoms. The number of thiophene rings is 1. The van der Waals surface area contributed by atoms with Crippen LogP contribution in [0.2, 0.25) is 0 Å². The summed E-state index contributed by atoms with van der Waals surface area (Å²) in [5.41, 5.74) is 1.67. The van der Waals surface area contributed by atoms with Crippen molar-refractivity contribution in [2.45, 2.75) is 19.5 Å². The molecule has 2 amide bonds. The van der Waals surface area contributed by atoms with E-state index in [-0.39, 0.29) is 18.5 Å². The average Bonchev–Trinajstić information content (AvgIpc) is 3.15. The molecule has 2 aromatic rings. The summed E-state index contributed by atoms with van der Waals surface area (Å²) in [5, 5.41) is 7.44. The summed E-state index contributed by atoms with van der Waals surface area (Å²) in [5.74, 6) is -0.771. The van der Waals surface area contributed by atoms with E-state index in [1.165, 1.54) is 23.5 Å². The molecule has 148 valence electrons. The third kappa shape index (κ3) is 4.76. The molecule has 0 saturated carbocycles. The molecule has 1 aromatic heterocycles. The second-order valence-corrected chi connectivity index (χ2v) is 7.44. The highest BCUT2D eigenvalue weighted by Crippen LogP contribution is 2.30. The van der Waals surface area contributed by atoms with Crippen LogP contribution in [0.1, 0.15) is 23.4 Å². The smallest absolute Gasteiger partial charge is 0.338 e. The molecule has 28 heavy (non-hydrogen) atoms. The lowest BCUT2D eigenvalue weighted by atomic mass is 10.0. The quantitative estimate of drug-likeness (QED) is 0.697. The Balaban J connectivity index is 1.89. The third-order valence-corrected chi connectivity index (χ3v) is 5.18. The second-order valence-electron chi connectivity index (χ2n) is 6.46. The summed E-state index contributed by atoms with van der Waals surface area (Å²) in [7, 11) is 1.84. The Labute approximate surface area is 167 Å². The van der Waals surface area contributed by atoms with E-state index >= 15 is 0 Å². The average molecular weight is 403 g/mol. The Hall–Kier alpha value is -2.71. The molecule has 0 saturated heterocycles. The summed E-state index contributed by atoms with van der Waals surface area (Å²) in [4.78, 5) is 27.6. The number of benzene rings is 1. The topological polar surface area (TPSA) is 70.7 Å². The van der Waals surface area contributed by atoms with Crippen LogP contribution >= 0.6 is 11.3 Å². The van der Waals surface area contributed by atoms with Gasteiger partial charge in [-0.15, -0.1) is 11.3 Å². The van der Waals surface area contributed by atoms with E-state index in [9.17, 15) is 14.0 Å². The van der Waals surface area contributed by atoms with Crippen LogP contribution in [-0.4, -0.2) is 37.1 Å². The lowest BCUT2D eigenvalue weighted by Crippen LogP contribution is -2.48.